The van der Waals surface area contributed by atoms with Crippen LogP contribution in [0.5, 0.6) is 0 Å². The highest BCUT2D eigenvalue weighted by Crippen LogP contribution is 2.34. The molecule has 0 aliphatic rings. The van der Waals surface area contributed by atoms with Gasteiger partial charge < -0.3 is 9.67 Å². The van der Waals surface area contributed by atoms with Crippen molar-refractivity contribution in [1.82, 2.24) is 4.57 Å². The van der Waals surface area contributed by atoms with E-state index in [1.54, 1.807) is 0 Å². The summed E-state index contributed by atoms with van der Waals surface area (Å²) in [4.78, 5) is 11.9. The van der Waals surface area contributed by atoms with Crippen LogP contribution in [0.3, 0.4) is 0 Å². The Kier molecular flexibility index (Phi) is 3.55. The van der Waals surface area contributed by atoms with Gasteiger partial charge in [0.15, 0.2) is 0 Å². The van der Waals surface area contributed by atoms with Crippen LogP contribution in [-0.2, 0) is 7.05 Å². The van der Waals surface area contributed by atoms with Crippen LogP contribution in [0, 0.1) is 6.92 Å². The Labute approximate surface area is 129 Å². The standard InChI is InChI=1S/C19H17NO2/c1-13-8-10-15(11-9-13)18-17(19(21)22)16(12-20(18)2)14-6-4-3-5-7-14/h3-12H,1-2H3,(H,21,22). The first-order valence-corrected chi connectivity index (χ1v) is 7.13. The van der Waals surface area contributed by atoms with Crippen molar-refractivity contribution in [2.45, 2.75) is 6.92 Å². The number of aromatic nitrogens is 1. The highest BCUT2D eigenvalue weighted by molar-refractivity contribution is 6.02. The Morgan fingerprint density at radius 3 is 2.18 bits per heavy atom. The number of carbonyl (C=O) groups is 1. The normalized spacial score (nSPS) is 10.6. The Hall–Kier alpha value is -2.81. The van der Waals surface area contributed by atoms with Crippen molar-refractivity contribution in [3.63, 3.8) is 0 Å². The average molecular weight is 291 g/mol. The Morgan fingerprint density at radius 2 is 1.59 bits per heavy atom. The first-order valence-electron chi connectivity index (χ1n) is 7.13. The van der Waals surface area contributed by atoms with Crippen molar-refractivity contribution >= 4 is 5.97 Å². The molecule has 0 spiro atoms. The maximum Gasteiger partial charge on any atom is 0.338 e. The lowest BCUT2D eigenvalue weighted by Gasteiger charge is -2.07. The summed E-state index contributed by atoms with van der Waals surface area (Å²) in [6, 6.07) is 17.5. The Balaban J connectivity index is 2.25. The number of hydrogen-bond donors (Lipinski definition) is 1. The molecule has 0 aliphatic heterocycles. The number of rotatable bonds is 3. The first kappa shape index (κ1) is 14.1. The number of carboxylic acid groups (broad SMARTS) is 1. The fourth-order valence-electron chi connectivity index (χ4n) is 2.74. The third kappa shape index (κ3) is 2.42. The molecule has 0 atom stereocenters. The van der Waals surface area contributed by atoms with Crippen LogP contribution in [-0.4, -0.2) is 15.6 Å². The Bertz CT molecular complexity index is 815. The molecule has 3 rings (SSSR count). The maximum absolute atomic E-state index is 11.9. The summed E-state index contributed by atoms with van der Waals surface area (Å²) in [5.41, 5.74) is 4.79. The number of benzene rings is 2. The molecule has 0 aliphatic carbocycles. The predicted octanol–water partition coefficient (Wildman–Crippen LogP) is 4.37. The topological polar surface area (TPSA) is 42.2 Å². The fraction of sp³-hybridized carbons (Fsp3) is 0.105. The molecule has 0 saturated heterocycles. The average Bonchev–Trinajstić information content (AvgIpc) is 2.87. The number of aryl methyl sites for hydroxylation is 2. The SMILES string of the molecule is Cc1ccc(-c2c(C(=O)O)c(-c3ccccc3)cn2C)cc1. The van der Waals surface area contributed by atoms with Crippen LogP contribution >= 0.6 is 0 Å². The molecule has 0 amide bonds. The van der Waals surface area contributed by atoms with Gasteiger partial charge in [0.1, 0.15) is 0 Å². The van der Waals surface area contributed by atoms with Gasteiger partial charge in [0.25, 0.3) is 0 Å². The minimum Gasteiger partial charge on any atom is -0.478 e. The molecule has 22 heavy (non-hydrogen) atoms. The molecule has 0 saturated carbocycles. The van der Waals surface area contributed by atoms with Gasteiger partial charge in [0.05, 0.1) is 11.3 Å². The molecular formula is C19H17NO2. The summed E-state index contributed by atoms with van der Waals surface area (Å²) in [5.74, 6) is -0.907. The van der Waals surface area contributed by atoms with Crippen LogP contribution in [0.15, 0.2) is 60.8 Å². The van der Waals surface area contributed by atoms with E-state index in [9.17, 15) is 9.90 Å². The minimum absolute atomic E-state index is 0.345. The maximum atomic E-state index is 11.9. The van der Waals surface area contributed by atoms with Crippen LogP contribution in [0.1, 0.15) is 15.9 Å². The van der Waals surface area contributed by atoms with Crippen LogP contribution in [0.25, 0.3) is 22.4 Å². The predicted molar refractivity (Wildman–Crippen MR) is 88.0 cm³/mol. The summed E-state index contributed by atoms with van der Waals surface area (Å²) >= 11 is 0. The zero-order valence-electron chi connectivity index (χ0n) is 12.6. The quantitative estimate of drug-likeness (QED) is 0.778. The smallest absolute Gasteiger partial charge is 0.338 e. The second kappa shape index (κ2) is 5.53. The van der Waals surface area contributed by atoms with Crippen LogP contribution in [0.2, 0.25) is 0 Å². The highest BCUT2D eigenvalue weighted by atomic mass is 16.4. The van der Waals surface area contributed by atoms with E-state index in [1.165, 1.54) is 0 Å². The molecular weight excluding hydrogens is 274 g/mol. The monoisotopic (exact) mass is 291 g/mol. The van der Waals surface area contributed by atoms with Crippen molar-refractivity contribution in [3.05, 3.63) is 71.9 Å². The van der Waals surface area contributed by atoms with Gasteiger partial charge in [-0.1, -0.05) is 60.2 Å². The summed E-state index contributed by atoms with van der Waals surface area (Å²) in [6.07, 6.45) is 1.88. The van der Waals surface area contributed by atoms with Gasteiger partial charge >= 0.3 is 5.97 Å². The van der Waals surface area contributed by atoms with Crippen molar-refractivity contribution in [1.29, 1.82) is 0 Å². The summed E-state index contributed by atoms with van der Waals surface area (Å²) in [7, 11) is 1.88. The lowest BCUT2D eigenvalue weighted by atomic mass is 9.99. The summed E-state index contributed by atoms with van der Waals surface area (Å²) in [5, 5.41) is 9.72. The summed E-state index contributed by atoms with van der Waals surface area (Å²) in [6.45, 7) is 2.02. The van der Waals surface area contributed by atoms with Crippen molar-refractivity contribution in [3.8, 4) is 22.4 Å². The van der Waals surface area contributed by atoms with E-state index in [1.807, 2.05) is 79.3 Å². The van der Waals surface area contributed by atoms with E-state index in [0.29, 0.717) is 5.56 Å². The van der Waals surface area contributed by atoms with Gasteiger partial charge in [-0.05, 0) is 18.1 Å². The minimum atomic E-state index is -0.907. The van der Waals surface area contributed by atoms with E-state index < -0.39 is 5.97 Å². The van der Waals surface area contributed by atoms with Crippen molar-refractivity contribution in [2.24, 2.45) is 7.05 Å². The van der Waals surface area contributed by atoms with Crippen molar-refractivity contribution in [2.75, 3.05) is 0 Å². The second-order valence-corrected chi connectivity index (χ2v) is 5.41. The van der Waals surface area contributed by atoms with Gasteiger partial charge in [-0.2, -0.15) is 0 Å². The molecule has 0 bridgehead atoms. The number of carboxylic acids is 1. The molecule has 1 N–H and O–H groups in total. The van der Waals surface area contributed by atoms with E-state index in [-0.39, 0.29) is 0 Å². The molecule has 3 heteroatoms. The molecule has 110 valence electrons. The van der Waals surface area contributed by atoms with E-state index in [0.717, 1.165) is 27.9 Å². The summed E-state index contributed by atoms with van der Waals surface area (Å²) < 4.78 is 1.89. The second-order valence-electron chi connectivity index (χ2n) is 5.41. The van der Waals surface area contributed by atoms with Gasteiger partial charge in [-0.3, -0.25) is 0 Å². The highest BCUT2D eigenvalue weighted by Gasteiger charge is 2.22. The van der Waals surface area contributed by atoms with Gasteiger partial charge in [-0.25, -0.2) is 4.79 Å². The number of nitrogens with zero attached hydrogens (tertiary/aromatic N) is 1. The van der Waals surface area contributed by atoms with Gasteiger partial charge in [-0.15, -0.1) is 0 Å². The lowest BCUT2D eigenvalue weighted by molar-refractivity contribution is 0.0698. The largest absolute Gasteiger partial charge is 0.478 e. The number of aromatic carboxylic acids is 1. The van der Waals surface area contributed by atoms with Crippen LogP contribution in [0.4, 0.5) is 0 Å². The zero-order valence-corrected chi connectivity index (χ0v) is 12.6. The van der Waals surface area contributed by atoms with E-state index in [2.05, 4.69) is 0 Å². The van der Waals surface area contributed by atoms with Crippen molar-refractivity contribution < 1.29 is 9.90 Å². The zero-order chi connectivity index (χ0) is 15.7. The molecule has 0 unspecified atom stereocenters. The van der Waals surface area contributed by atoms with Crippen LogP contribution < -0.4 is 0 Å². The van der Waals surface area contributed by atoms with E-state index >= 15 is 0 Å². The third-order valence-electron chi connectivity index (χ3n) is 3.81. The molecule has 1 heterocycles. The molecule has 3 nitrogen and oxygen atoms in total. The van der Waals surface area contributed by atoms with Gasteiger partial charge in [0.2, 0.25) is 0 Å². The molecule has 0 radical (unpaired) electrons. The third-order valence-corrected chi connectivity index (χ3v) is 3.81. The molecule has 0 fully saturated rings. The Morgan fingerprint density at radius 1 is 0.955 bits per heavy atom. The molecule has 3 aromatic rings. The lowest BCUT2D eigenvalue weighted by Crippen LogP contribution is -2.01. The first-order chi connectivity index (χ1) is 10.6. The fourth-order valence-corrected chi connectivity index (χ4v) is 2.74. The molecule has 1 aromatic heterocycles. The van der Waals surface area contributed by atoms with E-state index in [4.69, 9.17) is 0 Å². The molecule has 2 aromatic carbocycles. The van der Waals surface area contributed by atoms with Gasteiger partial charge in [0, 0.05) is 18.8 Å². The number of hydrogen-bond acceptors (Lipinski definition) is 1.